The van der Waals surface area contributed by atoms with E-state index in [2.05, 4.69) is 59.0 Å². The number of benzene rings is 1. The van der Waals surface area contributed by atoms with Crippen LogP contribution in [-0.4, -0.2) is 15.7 Å². The molecule has 0 spiro atoms. The van der Waals surface area contributed by atoms with Crippen LogP contribution in [0.1, 0.15) is 12.5 Å². The fourth-order valence-electron chi connectivity index (χ4n) is 1.26. The van der Waals surface area contributed by atoms with Gasteiger partial charge in [-0.25, -0.2) is 15.4 Å². The molecule has 6 heteroatoms. The van der Waals surface area contributed by atoms with Crippen LogP contribution in [0.25, 0.3) is 0 Å². The molecule has 2 aromatic rings. The fourth-order valence-corrected chi connectivity index (χ4v) is 1.82. The van der Waals surface area contributed by atoms with Crippen LogP contribution in [0.2, 0.25) is 0 Å². The van der Waals surface area contributed by atoms with Crippen molar-refractivity contribution in [3.05, 3.63) is 50.3 Å². The van der Waals surface area contributed by atoms with Gasteiger partial charge in [0.1, 0.15) is 0 Å². The van der Waals surface area contributed by atoms with Crippen molar-refractivity contribution in [3.63, 3.8) is 0 Å². The third kappa shape index (κ3) is 3.74. The van der Waals surface area contributed by atoms with Gasteiger partial charge in [0, 0.05) is 16.0 Å². The summed E-state index contributed by atoms with van der Waals surface area (Å²) in [6, 6.07) is 8.16. The quantitative estimate of drug-likeness (QED) is 0.471. The van der Waals surface area contributed by atoms with Gasteiger partial charge in [0.05, 0.1) is 10.2 Å². The number of anilines is 1. The van der Waals surface area contributed by atoms with Gasteiger partial charge in [-0.15, -0.1) is 0 Å². The van der Waals surface area contributed by atoms with E-state index in [1.807, 2.05) is 31.2 Å². The van der Waals surface area contributed by atoms with E-state index < -0.39 is 0 Å². The SMILES string of the molecule is C/C(=N/Nc1ncc(Br)cn1)c1ccc(I)cc1. The van der Waals surface area contributed by atoms with E-state index in [4.69, 9.17) is 0 Å². The van der Waals surface area contributed by atoms with Gasteiger partial charge in [0.2, 0.25) is 5.95 Å². The van der Waals surface area contributed by atoms with Crippen LogP contribution in [0.15, 0.2) is 46.2 Å². The number of rotatable bonds is 3. The molecule has 0 aliphatic carbocycles. The lowest BCUT2D eigenvalue weighted by Gasteiger charge is -2.02. The van der Waals surface area contributed by atoms with Gasteiger partial charge in [-0.05, 0) is 63.1 Å². The highest BCUT2D eigenvalue weighted by molar-refractivity contribution is 14.1. The van der Waals surface area contributed by atoms with Crippen LogP contribution in [0, 0.1) is 3.57 Å². The number of aromatic nitrogens is 2. The van der Waals surface area contributed by atoms with Crippen molar-refractivity contribution in [2.45, 2.75) is 6.92 Å². The number of halogens is 2. The average Bonchev–Trinajstić information content (AvgIpc) is 2.38. The van der Waals surface area contributed by atoms with Crippen LogP contribution in [0.4, 0.5) is 5.95 Å². The van der Waals surface area contributed by atoms with E-state index in [-0.39, 0.29) is 0 Å². The Morgan fingerprint density at radius 3 is 2.44 bits per heavy atom. The highest BCUT2D eigenvalue weighted by Crippen LogP contribution is 2.09. The predicted molar refractivity (Wildman–Crippen MR) is 84.7 cm³/mol. The summed E-state index contributed by atoms with van der Waals surface area (Å²) in [5, 5.41) is 4.25. The molecule has 2 rings (SSSR count). The Morgan fingerprint density at radius 1 is 1.22 bits per heavy atom. The van der Waals surface area contributed by atoms with Crippen LogP contribution in [0.3, 0.4) is 0 Å². The van der Waals surface area contributed by atoms with E-state index in [1.54, 1.807) is 12.4 Å². The van der Waals surface area contributed by atoms with Crippen molar-refractivity contribution in [1.29, 1.82) is 0 Å². The third-order valence-corrected chi connectivity index (χ3v) is 3.33. The molecule has 4 nitrogen and oxygen atoms in total. The van der Waals surface area contributed by atoms with Crippen molar-refractivity contribution >= 4 is 50.2 Å². The zero-order valence-electron chi connectivity index (χ0n) is 9.56. The van der Waals surface area contributed by atoms with Crippen molar-refractivity contribution in [3.8, 4) is 0 Å². The summed E-state index contributed by atoms with van der Waals surface area (Å²) < 4.78 is 2.04. The molecule has 18 heavy (non-hydrogen) atoms. The zero-order valence-corrected chi connectivity index (χ0v) is 13.3. The Kier molecular flexibility index (Phi) is 4.65. The molecule has 0 bridgehead atoms. The number of nitrogens with zero attached hydrogens (tertiary/aromatic N) is 3. The second-order valence-corrected chi connectivity index (χ2v) is 5.70. The molecule has 0 fully saturated rings. The predicted octanol–water partition coefficient (Wildman–Crippen LogP) is 3.68. The summed E-state index contributed by atoms with van der Waals surface area (Å²) in [6.07, 6.45) is 3.34. The van der Waals surface area contributed by atoms with Gasteiger partial charge < -0.3 is 0 Å². The number of nitrogens with one attached hydrogen (secondary N) is 1. The Balaban J connectivity index is 2.09. The van der Waals surface area contributed by atoms with Crippen LogP contribution >= 0.6 is 38.5 Å². The maximum absolute atomic E-state index is 4.25. The van der Waals surface area contributed by atoms with Crippen molar-refractivity contribution in [2.75, 3.05) is 5.43 Å². The molecular weight excluding hydrogens is 407 g/mol. The molecule has 1 heterocycles. The maximum atomic E-state index is 4.25. The number of hydrogen-bond acceptors (Lipinski definition) is 4. The molecule has 0 saturated carbocycles. The van der Waals surface area contributed by atoms with Gasteiger partial charge >= 0.3 is 0 Å². The fraction of sp³-hybridized carbons (Fsp3) is 0.0833. The molecule has 0 radical (unpaired) electrons. The molecule has 0 aliphatic rings. The van der Waals surface area contributed by atoms with Crippen molar-refractivity contribution < 1.29 is 0 Å². The Labute approximate surface area is 127 Å². The lowest BCUT2D eigenvalue weighted by Crippen LogP contribution is -2.02. The minimum absolute atomic E-state index is 0.475. The highest BCUT2D eigenvalue weighted by atomic mass is 127. The van der Waals surface area contributed by atoms with Gasteiger partial charge in [0.15, 0.2) is 0 Å². The second kappa shape index (κ2) is 6.24. The lowest BCUT2D eigenvalue weighted by molar-refractivity contribution is 1.10. The summed E-state index contributed by atoms with van der Waals surface area (Å²) in [7, 11) is 0. The first kappa shape index (κ1) is 13.4. The summed E-state index contributed by atoms with van der Waals surface area (Å²) >= 11 is 5.55. The lowest BCUT2D eigenvalue weighted by atomic mass is 10.1. The molecule has 0 saturated heterocycles. The Hall–Kier alpha value is -1.02. The molecule has 1 N–H and O–H groups in total. The number of hydrazone groups is 1. The summed E-state index contributed by atoms with van der Waals surface area (Å²) in [5.41, 5.74) is 4.78. The highest BCUT2D eigenvalue weighted by Gasteiger charge is 1.98. The molecule has 0 atom stereocenters. The molecule has 0 amide bonds. The van der Waals surface area contributed by atoms with Gasteiger partial charge in [-0.3, -0.25) is 0 Å². The van der Waals surface area contributed by atoms with E-state index in [0.717, 1.165) is 15.7 Å². The third-order valence-electron chi connectivity index (χ3n) is 2.21. The summed E-state index contributed by atoms with van der Waals surface area (Å²) in [4.78, 5) is 8.16. The van der Waals surface area contributed by atoms with Crippen molar-refractivity contribution in [2.24, 2.45) is 5.10 Å². The minimum Gasteiger partial charge on any atom is -0.245 e. The first-order chi connectivity index (χ1) is 8.65. The van der Waals surface area contributed by atoms with Crippen LogP contribution in [-0.2, 0) is 0 Å². The smallest absolute Gasteiger partial charge is 0.243 e. The molecule has 92 valence electrons. The largest absolute Gasteiger partial charge is 0.245 e. The van der Waals surface area contributed by atoms with Crippen LogP contribution < -0.4 is 5.43 Å². The Bertz CT molecular complexity index is 551. The van der Waals surface area contributed by atoms with Gasteiger partial charge in [-0.1, -0.05) is 12.1 Å². The standard InChI is InChI=1S/C12H10BrIN4/c1-8(9-2-4-11(14)5-3-9)17-18-12-15-6-10(13)7-16-12/h2-7H,1H3,(H,15,16,18)/b17-8-. The molecule has 0 aliphatic heterocycles. The first-order valence-electron chi connectivity index (χ1n) is 5.19. The maximum Gasteiger partial charge on any atom is 0.243 e. The monoisotopic (exact) mass is 416 g/mol. The van der Waals surface area contributed by atoms with Gasteiger partial charge in [0.25, 0.3) is 0 Å². The zero-order chi connectivity index (χ0) is 13.0. The summed E-state index contributed by atoms with van der Waals surface area (Å²) in [5.74, 6) is 0.475. The van der Waals surface area contributed by atoms with E-state index in [0.29, 0.717) is 5.95 Å². The average molecular weight is 417 g/mol. The van der Waals surface area contributed by atoms with E-state index >= 15 is 0 Å². The topological polar surface area (TPSA) is 50.2 Å². The molecular formula is C12H10BrIN4. The van der Waals surface area contributed by atoms with Gasteiger partial charge in [-0.2, -0.15) is 5.10 Å². The van der Waals surface area contributed by atoms with E-state index in [9.17, 15) is 0 Å². The molecule has 1 aromatic carbocycles. The van der Waals surface area contributed by atoms with E-state index in [1.165, 1.54) is 3.57 Å². The Morgan fingerprint density at radius 2 is 1.83 bits per heavy atom. The van der Waals surface area contributed by atoms with Crippen molar-refractivity contribution in [1.82, 2.24) is 9.97 Å². The molecule has 0 unspecified atom stereocenters. The summed E-state index contributed by atoms with van der Waals surface area (Å²) in [6.45, 7) is 1.94. The molecule has 1 aromatic heterocycles. The first-order valence-corrected chi connectivity index (χ1v) is 7.06. The number of hydrogen-bond donors (Lipinski definition) is 1. The second-order valence-electron chi connectivity index (χ2n) is 3.54. The normalized spacial score (nSPS) is 11.4. The van der Waals surface area contributed by atoms with Crippen LogP contribution in [0.5, 0.6) is 0 Å². The minimum atomic E-state index is 0.475.